The molecule has 0 spiro atoms. The average molecular weight is 271 g/mol. The fraction of sp³-hybridized carbons (Fsp3) is 0.294. The maximum absolute atomic E-state index is 5.53. The van der Waals surface area contributed by atoms with Crippen LogP contribution in [0.1, 0.15) is 25.3 Å². The lowest BCUT2D eigenvalue weighted by Crippen LogP contribution is -2.08. The molecule has 4 N–H and O–H groups in total. The first-order valence-electron chi connectivity index (χ1n) is 6.78. The fourth-order valence-electron chi connectivity index (χ4n) is 1.65. The van der Waals surface area contributed by atoms with Gasteiger partial charge >= 0.3 is 0 Å². The molecule has 2 rings (SSSR count). The summed E-state index contributed by atoms with van der Waals surface area (Å²) in [5, 5.41) is 0. The SMILES string of the molecule is CC(C)c1ccc(N)cc1.CN(C)c1ccc(N)cc1. The molecule has 0 aliphatic heterocycles. The number of nitrogens with zero attached hydrogens (tertiary/aromatic N) is 1. The lowest BCUT2D eigenvalue weighted by molar-refractivity contribution is 0.867. The van der Waals surface area contributed by atoms with E-state index in [1.807, 2.05) is 55.4 Å². The van der Waals surface area contributed by atoms with E-state index in [4.69, 9.17) is 11.5 Å². The molecule has 0 atom stereocenters. The van der Waals surface area contributed by atoms with Gasteiger partial charge in [-0.25, -0.2) is 0 Å². The summed E-state index contributed by atoms with van der Waals surface area (Å²) >= 11 is 0. The summed E-state index contributed by atoms with van der Waals surface area (Å²) in [6.07, 6.45) is 0. The minimum atomic E-state index is 0.598. The lowest BCUT2D eigenvalue weighted by atomic mass is 10.0. The predicted molar refractivity (Wildman–Crippen MR) is 90.1 cm³/mol. The topological polar surface area (TPSA) is 55.3 Å². The Morgan fingerprint density at radius 1 is 0.750 bits per heavy atom. The molecule has 2 aromatic carbocycles. The second kappa shape index (κ2) is 7.43. The Bertz CT molecular complexity index is 449. The van der Waals surface area contributed by atoms with Gasteiger partial charge in [-0.1, -0.05) is 26.0 Å². The lowest BCUT2D eigenvalue weighted by Gasteiger charge is -2.11. The Kier molecular flexibility index (Phi) is 5.91. The van der Waals surface area contributed by atoms with E-state index < -0.39 is 0 Å². The van der Waals surface area contributed by atoms with Crippen LogP contribution in [0, 0.1) is 0 Å². The Hall–Kier alpha value is -2.16. The van der Waals surface area contributed by atoms with E-state index in [2.05, 4.69) is 26.0 Å². The van der Waals surface area contributed by atoms with Crippen molar-refractivity contribution in [2.24, 2.45) is 0 Å². The van der Waals surface area contributed by atoms with E-state index in [0.29, 0.717) is 5.92 Å². The minimum Gasteiger partial charge on any atom is -0.399 e. The smallest absolute Gasteiger partial charge is 0.0362 e. The fourth-order valence-corrected chi connectivity index (χ4v) is 1.65. The van der Waals surface area contributed by atoms with Gasteiger partial charge in [0.15, 0.2) is 0 Å². The van der Waals surface area contributed by atoms with Crippen LogP contribution in [0.25, 0.3) is 0 Å². The summed E-state index contributed by atoms with van der Waals surface area (Å²) in [6, 6.07) is 15.8. The highest BCUT2D eigenvalue weighted by Crippen LogP contribution is 2.15. The molecule has 2 aromatic rings. The number of nitrogen functional groups attached to an aromatic ring is 2. The van der Waals surface area contributed by atoms with Gasteiger partial charge in [0.2, 0.25) is 0 Å². The quantitative estimate of drug-likeness (QED) is 0.818. The van der Waals surface area contributed by atoms with Crippen LogP contribution in [0.4, 0.5) is 17.1 Å². The summed E-state index contributed by atoms with van der Waals surface area (Å²) in [7, 11) is 4.01. The molecule has 0 heterocycles. The molecule has 0 fully saturated rings. The van der Waals surface area contributed by atoms with Crippen molar-refractivity contribution >= 4 is 17.1 Å². The predicted octanol–water partition coefficient (Wildman–Crippen LogP) is 3.73. The summed E-state index contributed by atoms with van der Waals surface area (Å²) in [6.45, 7) is 4.34. The van der Waals surface area contributed by atoms with Crippen LogP contribution in [0.5, 0.6) is 0 Å². The van der Waals surface area contributed by atoms with E-state index >= 15 is 0 Å². The largest absolute Gasteiger partial charge is 0.399 e. The van der Waals surface area contributed by atoms with Gasteiger partial charge in [0, 0.05) is 31.2 Å². The summed E-state index contributed by atoms with van der Waals surface area (Å²) in [5.41, 5.74) is 15.2. The first kappa shape index (κ1) is 15.9. The van der Waals surface area contributed by atoms with Crippen LogP contribution < -0.4 is 16.4 Å². The molecular weight excluding hydrogens is 246 g/mol. The summed E-state index contributed by atoms with van der Waals surface area (Å²) < 4.78 is 0. The highest BCUT2D eigenvalue weighted by molar-refractivity contribution is 5.51. The van der Waals surface area contributed by atoms with Crippen LogP contribution in [-0.2, 0) is 0 Å². The van der Waals surface area contributed by atoms with Gasteiger partial charge in [-0.15, -0.1) is 0 Å². The number of benzene rings is 2. The molecule has 0 aromatic heterocycles. The molecule has 0 radical (unpaired) electrons. The zero-order valence-corrected chi connectivity index (χ0v) is 12.8. The molecule has 0 saturated carbocycles. The van der Waals surface area contributed by atoms with E-state index in [1.165, 1.54) is 11.3 Å². The van der Waals surface area contributed by atoms with Crippen molar-refractivity contribution in [3.63, 3.8) is 0 Å². The van der Waals surface area contributed by atoms with Crippen molar-refractivity contribution in [2.45, 2.75) is 19.8 Å². The van der Waals surface area contributed by atoms with E-state index in [-0.39, 0.29) is 0 Å². The third kappa shape index (κ3) is 5.22. The first-order valence-corrected chi connectivity index (χ1v) is 6.78. The zero-order chi connectivity index (χ0) is 15.1. The standard InChI is InChI=1S/C9H13N.C8H12N2/c1-7(2)8-3-5-9(10)6-4-8;1-10(2)8-5-3-7(9)4-6-8/h3-7H,10H2,1-2H3;3-6H,9H2,1-2H3. The van der Waals surface area contributed by atoms with Crippen molar-refractivity contribution < 1.29 is 0 Å². The number of nitrogens with two attached hydrogens (primary N) is 2. The highest BCUT2D eigenvalue weighted by Gasteiger charge is 1.95. The zero-order valence-electron chi connectivity index (χ0n) is 12.8. The highest BCUT2D eigenvalue weighted by atomic mass is 15.1. The molecule has 0 aliphatic rings. The number of hydrogen-bond acceptors (Lipinski definition) is 3. The van der Waals surface area contributed by atoms with Crippen LogP contribution >= 0.6 is 0 Å². The molecule has 0 amide bonds. The Morgan fingerprint density at radius 3 is 1.50 bits per heavy atom. The molecule has 0 aliphatic carbocycles. The van der Waals surface area contributed by atoms with E-state index in [0.717, 1.165) is 11.4 Å². The van der Waals surface area contributed by atoms with Crippen molar-refractivity contribution in [1.82, 2.24) is 0 Å². The minimum absolute atomic E-state index is 0.598. The normalized spacial score (nSPS) is 9.85. The maximum atomic E-state index is 5.53. The van der Waals surface area contributed by atoms with Crippen molar-refractivity contribution in [2.75, 3.05) is 30.5 Å². The molecule has 3 nitrogen and oxygen atoms in total. The van der Waals surface area contributed by atoms with Crippen LogP contribution in [0.15, 0.2) is 48.5 Å². The third-order valence-electron chi connectivity index (χ3n) is 3.01. The molecule has 0 unspecified atom stereocenters. The molecule has 108 valence electrons. The molecular formula is C17H25N3. The Morgan fingerprint density at radius 2 is 1.15 bits per heavy atom. The van der Waals surface area contributed by atoms with Gasteiger partial charge in [0.05, 0.1) is 0 Å². The molecule has 3 heteroatoms. The Balaban J connectivity index is 0.000000200. The second-order valence-electron chi connectivity index (χ2n) is 5.31. The molecule has 0 bridgehead atoms. The number of hydrogen-bond donors (Lipinski definition) is 2. The summed E-state index contributed by atoms with van der Waals surface area (Å²) in [4.78, 5) is 2.04. The average Bonchev–Trinajstić information content (AvgIpc) is 2.40. The van der Waals surface area contributed by atoms with Crippen molar-refractivity contribution in [3.8, 4) is 0 Å². The van der Waals surface area contributed by atoms with Crippen molar-refractivity contribution in [3.05, 3.63) is 54.1 Å². The maximum Gasteiger partial charge on any atom is 0.0362 e. The monoisotopic (exact) mass is 271 g/mol. The van der Waals surface area contributed by atoms with Gasteiger partial charge in [0.1, 0.15) is 0 Å². The van der Waals surface area contributed by atoms with Crippen LogP contribution in [0.2, 0.25) is 0 Å². The van der Waals surface area contributed by atoms with E-state index in [1.54, 1.807) is 0 Å². The van der Waals surface area contributed by atoms with Gasteiger partial charge in [-0.05, 0) is 47.9 Å². The number of rotatable bonds is 2. The first-order chi connectivity index (χ1) is 9.40. The van der Waals surface area contributed by atoms with Gasteiger partial charge in [-0.3, -0.25) is 0 Å². The van der Waals surface area contributed by atoms with Gasteiger partial charge in [0.25, 0.3) is 0 Å². The molecule has 0 saturated heterocycles. The second-order valence-corrected chi connectivity index (χ2v) is 5.31. The van der Waals surface area contributed by atoms with Gasteiger partial charge < -0.3 is 16.4 Å². The van der Waals surface area contributed by atoms with Crippen molar-refractivity contribution in [1.29, 1.82) is 0 Å². The number of anilines is 3. The summed E-state index contributed by atoms with van der Waals surface area (Å²) in [5.74, 6) is 0.598. The van der Waals surface area contributed by atoms with E-state index in [9.17, 15) is 0 Å². The molecule has 20 heavy (non-hydrogen) atoms. The third-order valence-corrected chi connectivity index (χ3v) is 3.01. The van der Waals surface area contributed by atoms with Crippen LogP contribution in [-0.4, -0.2) is 14.1 Å². The van der Waals surface area contributed by atoms with Gasteiger partial charge in [-0.2, -0.15) is 0 Å². The Labute approximate surface area is 122 Å². The van der Waals surface area contributed by atoms with Crippen LogP contribution in [0.3, 0.4) is 0 Å².